The van der Waals surface area contributed by atoms with Gasteiger partial charge < -0.3 is 14.5 Å². The van der Waals surface area contributed by atoms with Gasteiger partial charge in [-0.25, -0.2) is 9.59 Å². The number of fused-ring (bicyclic) bond motifs is 1. The Morgan fingerprint density at radius 1 is 1.03 bits per heavy atom. The van der Waals surface area contributed by atoms with Crippen LogP contribution in [-0.2, 0) is 21.6 Å². The van der Waals surface area contributed by atoms with Crippen LogP contribution in [0, 0.1) is 19.8 Å². The van der Waals surface area contributed by atoms with Crippen molar-refractivity contribution in [2.75, 3.05) is 0 Å². The summed E-state index contributed by atoms with van der Waals surface area (Å²) in [6.07, 6.45) is 0. The van der Waals surface area contributed by atoms with Gasteiger partial charge in [-0.3, -0.25) is 4.79 Å². The molecular weight excluding hydrogens is 430 g/mol. The second-order valence-electron chi connectivity index (χ2n) is 10.1. The fraction of sp³-hybridized carbons (Fsp3) is 0.393. The molecule has 34 heavy (non-hydrogen) atoms. The van der Waals surface area contributed by atoms with Crippen LogP contribution in [0.1, 0.15) is 67.2 Å². The lowest BCUT2D eigenvalue weighted by Gasteiger charge is -2.22. The first-order valence-electron chi connectivity index (χ1n) is 11.5. The molecule has 1 amide bonds. The van der Waals surface area contributed by atoms with Gasteiger partial charge in [-0.2, -0.15) is 0 Å². The highest BCUT2D eigenvalue weighted by atomic mass is 16.5. The van der Waals surface area contributed by atoms with E-state index in [1.54, 1.807) is 12.1 Å². The first-order chi connectivity index (χ1) is 15.9. The topological polar surface area (TPSA) is 85.6 Å². The molecule has 6 heteroatoms. The Morgan fingerprint density at radius 2 is 1.68 bits per heavy atom. The molecule has 0 aliphatic heterocycles. The lowest BCUT2D eigenvalue weighted by molar-refractivity contribution is -0.148. The molecule has 0 aliphatic rings. The first-order valence-corrected chi connectivity index (χ1v) is 11.5. The minimum Gasteiger partial charge on any atom is -0.459 e. The molecular formula is C28H33NO5. The van der Waals surface area contributed by atoms with Gasteiger partial charge in [0.2, 0.25) is 0 Å². The third-order valence-corrected chi connectivity index (χ3v) is 6.11. The van der Waals surface area contributed by atoms with E-state index in [1.165, 1.54) is 6.07 Å². The molecule has 3 aromatic rings. The van der Waals surface area contributed by atoms with E-state index < -0.39 is 17.6 Å². The Morgan fingerprint density at radius 3 is 2.26 bits per heavy atom. The molecule has 1 N–H and O–H groups in total. The van der Waals surface area contributed by atoms with E-state index >= 15 is 0 Å². The van der Waals surface area contributed by atoms with Crippen molar-refractivity contribution in [1.29, 1.82) is 0 Å². The molecule has 0 saturated carbocycles. The summed E-state index contributed by atoms with van der Waals surface area (Å²) in [5.41, 5.74) is 4.00. The molecule has 0 bridgehead atoms. The van der Waals surface area contributed by atoms with Crippen molar-refractivity contribution < 1.29 is 18.7 Å². The quantitative estimate of drug-likeness (QED) is 0.401. The van der Waals surface area contributed by atoms with Gasteiger partial charge in [-0.15, -0.1) is 0 Å². The summed E-state index contributed by atoms with van der Waals surface area (Å²) in [4.78, 5) is 37.8. The van der Waals surface area contributed by atoms with Crippen molar-refractivity contribution >= 4 is 22.8 Å². The zero-order valence-electron chi connectivity index (χ0n) is 20.9. The van der Waals surface area contributed by atoms with E-state index in [2.05, 4.69) is 26.1 Å². The third-order valence-electron chi connectivity index (χ3n) is 6.11. The first kappa shape index (κ1) is 25.2. The minimum atomic E-state index is -0.829. The predicted molar refractivity (Wildman–Crippen MR) is 133 cm³/mol. The van der Waals surface area contributed by atoms with Crippen LogP contribution in [0.3, 0.4) is 0 Å². The number of nitrogens with one attached hydrogen (secondary N) is 1. The van der Waals surface area contributed by atoms with E-state index in [-0.39, 0.29) is 23.8 Å². The molecule has 0 fully saturated rings. The second-order valence-corrected chi connectivity index (χ2v) is 10.1. The molecule has 1 aromatic heterocycles. The van der Waals surface area contributed by atoms with Crippen molar-refractivity contribution in [3.63, 3.8) is 0 Å². The molecule has 3 rings (SSSR count). The average Bonchev–Trinajstić information content (AvgIpc) is 2.77. The number of benzene rings is 2. The summed E-state index contributed by atoms with van der Waals surface area (Å²) in [7, 11) is 0. The summed E-state index contributed by atoms with van der Waals surface area (Å²) in [6.45, 7) is 13.7. The average molecular weight is 464 g/mol. The Balaban J connectivity index is 1.75. The Labute approximate surface area is 200 Å². The van der Waals surface area contributed by atoms with Gasteiger partial charge in [0, 0.05) is 22.6 Å². The summed E-state index contributed by atoms with van der Waals surface area (Å²) in [5.74, 6) is -1.08. The summed E-state index contributed by atoms with van der Waals surface area (Å²) >= 11 is 0. The number of amides is 1. The number of carbonyl (C=O) groups excluding carboxylic acids is 2. The molecule has 0 saturated heterocycles. The monoisotopic (exact) mass is 463 g/mol. The molecule has 0 spiro atoms. The van der Waals surface area contributed by atoms with Crippen LogP contribution >= 0.6 is 0 Å². The number of hydrogen-bond donors (Lipinski definition) is 1. The molecule has 0 radical (unpaired) electrons. The smallest absolute Gasteiger partial charge is 0.336 e. The SMILES string of the molecule is Cc1ccc2c(COC(=O)C(NC(=O)c3ccc(C(C)(C)C)cc3)C(C)C)cc(=O)oc2c1C. The van der Waals surface area contributed by atoms with E-state index in [0.29, 0.717) is 16.7 Å². The Bertz CT molecular complexity index is 1260. The molecule has 1 unspecified atom stereocenters. The minimum absolute atomic E-state index is 0.0185. The van der Waals surface area contributed by atoms with Crippen LogP contribution in [0.5, 0.6) is 0 Å². The normalized spacial score (nSPS) is 12.6. The van der Waals surface area contributed by atoms with Crippen molar-refractivity contribution in [2.24, 2.45) is 5.92 Å². The molecule has 1 atom stereocenters. The zero-order valence-corrected chi connectivity index (χ0v) is 20.9. The van der Waals surface area contributed by atoms with E-state index in [9.17, 15) is 14.4 Å². The van der Waals surface area contributed by atoms with E-state index in [1.807, 2.05) is 52.0 Å². The van der Waals surface area contributed by atoms with Gasteiger partial charge in [0.05, 0.1) is 0 Å². The fourth-order valence-corrected chi connectivity index (χ4v) is 3.73. The van der Waals surface area contributed by atoms with Crippen LogP contribution in [0.2, 0.25) is 0 Å². The van der Waals surface area contributed by atoms with Gasteiger partial charge in [0.15, 0.2) is 0 Å². The largest absolute Gasteiger partial charge is 0.459 e. The van der Waals surface area contributed by atoms with Crippen LogP contribution in [0.25, 0.3) is 11.0 Å². The number of aryl methyl sites for hydroxylation is 2. The van der Waals surface area contributed by atoms with E-state index in [0.717, 1.165) is 22.1 Å². The molecule has 180 valence electrons. The Hall–Kier alpha value is -3.41. The predicted octanol–water partition coefficient (Wildman–Crippen LogP) is 5.21. The van der Waals surface area contributed by atoms with Crippen molar-refractivity contribution in [2.45, 2.75) is 66.5 Å². The summed E-state index contributed by atoms with van der Waals surface area (Å²) < 4.78 is 10.9. The highest BCUT2D eigenvalue weighted by molar-refractivity contribution is 5.97. The third kappa shape index (κ3) is 5.56. The van der Waals surface area contributed by atoms with Gasteiger partial charge in [-0.05, 0) is 54.0 Å². The number of carbonyl (C=O) groups is 2. The zero-order chi connectivity index (χ0) is 25.2. The number of ether oxygens (including phenoxy) is 1. The van der Waals surface area contributed by atoms with Crippen molar-refractivity contribution in [3.05, 3.63) is 80.7 Å². The van der Waals surface area contributed by atoms with Crippen LogP contribution in [-0.4, -0.2) is 17.9 Å². The number of esters is 1. The van der Waals surface area contributed by atoms with Gasteiger partial charge in [-0.1, -0.05) is 58.9 Å². The molecule has 6 nitrogen and oxygen atoms in total. The van der Waals surface area contributed by atoms with Crippen LogP contribution in [0.4, 0.5) is 0 Å². The standard InChI is InChI=1S/C28H33NO5/c1-16(2)24(29-26(31)19-9-11-21(12-10-19)28(5,6)7)27(32)33-15-20-14-23(30)34-25-18(4)17(3)8-13-22(20)25/h8-14,16,24H,15H2,1-7H3,(H,29,31). The lowest BCUT2D eigenvalue weighted by Crippen LogP contribution is -2.45. The highest BCUT2D eigenvalue weighted by Gasteiger charge is 2.27. The molecule has 0 aliphatic carbocycles. The molecule has 2 aromatic carbocycles. The van der Waals surface area contributed by atoms with Gasteiger partial charge in [0.1, 0.15) is 18.2 Å². The fourth-order valence-electron chi connectivity index (χ4n) is 3.73. The van der Waals surface area contributed by atoms with Crippen LogP contribution < -0.4 is 10.9 Å². The summed E-state index contributed by atoms with van der Waals surface area (Å²) in [5, 5.41) is 3.52. The van der Waals surface area contributed by atoms with Crippen molar-refractivity contribution in [3.8, 4) is 0 Å². The summed E-state index contributed by atoms with van der Waals surface area (Å²) in [6, 6.07) is 11.7. The number of hydrogen-bond acceptors (Lipinski definition) is 5. The van der Waals surface area contributed by atoms with Crippen molar-refractivity contribution in [1.82, 2.24) is 5.32 Å². The maximum Gasteiger partial charge on any atom is 0.336 e. The number of rotatable bonds is 6. The van der Waals surface area contributed by atoms with E-state index in [4.69, 9.17) is 9.15 Å². The van der Waals surface area contributed by atoms with Gasteiger partial charge >= 0.3 is 11.6 Å². The second kappa shape index (κ2) is 9.84. The lowest BCUT2D eigenvalue weighted by atomic mass is 9.86. The maximum absolute atomic E-state index is 12.9. The van der Waals surface area contributed by atoms with Gasteiger partial charge in [0.25, 0.3) is 5.91 Å². The molecule has 1 heterocycles. The van der Waals surface area contributed by atoms with Crippen LogP contribution in [0.15, 0.2) is 51.7 Å². The Kier molecular flexibility index (Phi) is 7.29. The maximum atomic E-state index is 12.9. The highest BCUT2D eigenvalue weighted by Crippen LogP contribution is 2.24.